The van der Waals surface area contributed by atoms with Gasteiger partial charge in [-0.15, -0.1) is 24.0 Å². The van der Waals surface area contributed by atoms with E-state index in [1.54, 1.807) is 7.05 Å². The zero-order chi connectivity index (χ0) is 18.9. The summed E-state index contributed by atoms with van der Waals surface area (Å²) in [5.41, 5.74) is -0.0921. The standard InChI is InChI=1S/C18H38N4O2S.HI/c1-16-7-12-22(13-8-16)11-6-10-20-17(19-4)21-15-18(2,3)9-14-25(5,23)24;/h16H,6-15H2,1-5H3,(H2,19,20,21);1H. The van der Waals surface area contributed by atoms with Crippen molar-refractivity contribution in [2.24, 2.45) is 16.3 Å². The molecule has 0 aromatic heterocycles. The van der Waals surface area contributed by atoms with E-state index in [-0.39, 0.29) is 35.1 Å². The lowest BCUT2D eigenvalue weighted by Crippen LogP contribution is -2.43. The fourth-order valence-electron chi connectivity index (χ4n) is 2.89. The first-order chi connectivity index (χ1) is 11.6. The van der Waals surface area contributed by atoms with E-state index in [1.165, 1.54) is 32.2 Å². The van der Waals surface area contributed by atoms with Crippen LogP contribution in [0.2, 0.25) is 0 Å². The average molecular weight is 503 g/mol. The Balaban J connectivity index is 0.00000625. The molecular weight excluding hydrogens is 463 g/mol. The van der Waals surface area contributed by atoms with Crippen LogP contribution in [0, 0.1) is 11.3 Å². The van der Waals surface area contributed by atoms with E-state index in [9.17, 15) is 8.42 Å². The van der Waals surface area contributed by atoms with E-state index >= 15 is 0 Å². The number of hydrogen-bond acceptors (Lipinski definition) is 4. The molecule has 0 spiro atoms. The molecule has 156 valence electrons. The first kappa shape index (κ1) is 25.9. The van der Waals surface area contributed by atoms with Crippen LogP contribution in [0.25, 0.3) is 0 Å². The Hall–Kier alpha value is -0.0900. The van der Waals surface area contributed by atoms with Crippen LogP contribution in [-0.4, -0.2) is 71.1 Å². The van der Waals surface area contributed by atoms with Gasteiger partial charge < -0.3 is 15.5 Å². The number of hydrogen-bond donors (Lipinski definition) is 2. The third kappa shape index (κ3) is 12.3. The molecule has 1 fully saturated rings. The van der Waals surface area contributed by atoms with E-state index in [1.807, 2.05) is 0 Å². The summed E-state index contributed by atoms with van der Waals surface area (Å²) in [5.74, 6) is 1.89. The molecule has 0 unspecified atom stereocenters. The SMILES string of the molecule is CN=C(NCCCN1CCC(C)CC1)NCC(C)(C)CCS(C)(=O)=O.I. The van der Waals surface area contributed by atoms with Crippen LogP contribution in [0.3, 0.4) is 0 Å². The van der Waals surface area contributed by atoms with Gasteiger partial charge in [-0.25, -0.2) is 8.42 Å². The number of halogens is 1. The van der Waals surface area contributed by atoms with E-state index in [2.05, 4.69) is 41.3 Å². The molecule has 0 bridgehead atoms. The van der Waals surface area contributed by atoms with Crippen molar-refractivity contribution in [3.63, 3.8) is 0 Å². The highest BCUT2D eigenvalue weighted by Gasteiger charge is 2.20. The van der Waals surface area contributed by atoms with Gasteiger partial charge in [-0.1, -0.05) is 20.8 Å². The Labute approximate surface area is 177 Å². The van der Waals surface area contributed by atoms with Crippen LogP contribution in [0.4, 0.5) is 0 Å². The van der Waals surface area contributed by atoms with Gasteiger partial charge in [0.25, 0.3) is 0 Å². The fourth-order valence-corrected chi connectivity index (χ4v) is 3.81. The molecule has 0 aromatic carbocycles. The lowest BCUT2D eigenvalue weighted by molar-refractivity contribution is 0.191. The molecule has 0 atom stereocenters. The Morgan fingerprint density at radius 1 is 1.23 bits per heavy atom. The van der Waals surface area contributed by atoms with Crippen LogP contribution in [0.1, 0.15) is 46.5 Å². The predicted molar refractivity (Wildman–Crippen MR) is 122 cm³/mol. The molecule has 1 aliphatic rings. The Bertz CT molecular complexity index is 515. The van der Waals surface area contributed by atoms with Gasteiger partial charge in [0.2, 0.25) is 0 Å². The molecule has 26 heavy (non-hydrogen) atoms. The van der Waals surface area contributed by atoms with E-state index in [0.717, 1.165) is 31.4 Å². The van der Waals surface area contributed by atoms with E-state index < -0.39 is 9.84 Å². The second-order valence-electron chi connectivity index (χ2n) is 8.27. The van der Waals surface area contributed by atoms with Gasteiger partial charge in [0, 0.05) is 26.4 Å². The van der Waals surface area contributed by atoms with Crippen molar-refractivity contribution >= 4 is 39.8 Å². The lowest BCUT2D eigenvalue weighted by atomic mass is 9.90. The molecule has 1 heterocycles. The number of nitrogens with one attached hydrogen (secondary N) is 2. The number of aliphatic imine (C=N–C) groups is 1. The fraction of sp³-hybridized carbons (Fsp3) is 0.944. The van der Waals surface area contributed by atoms with Crippen molar-refractivity contribution < 1.29 is 8.42 Å². The molecule has 0 aliphatic carbocycles. The molecule has 1 saturated heterocycles. The maximum atomic E-state index is 11.3. The van der Waals surface area contributed by atoms with Crippen LogP contribution in [0.5, 0.6) is 0 Å². The predicted octanol–water partition coefficient (Wildman–Crippen LogP) is 2.35. The van der Waals surface area contributed by atoms with Gasteiger partial charge >= 0.3 is 0 Å². The first-order valence-corrected chi connectivity index (χ1v) is 11.5. The summed E-state index contributed by atoms with van der Waals surface area (Å²) in [4.78, 5) is 6.80. The molecule has 1 aliphatic heterocycles. The van der Waals surface area contributed by atoms with E-state index in [4.69, 9.17) is 0 Å². The number of guanidine groups is 1. The Kier molecular flexibility index (Phi) is 12.3. The minimum Gasteiger partial charge on any atom is -0.356 e. The van der Waals surface area contributed by atoms with Gasteiger partial charge in [-0.05, 0) is 56.7 Å². The summed E-state index contributed by atoms with van der Waals surface area (Å²) in [5, 5.41) is 6.68. The Morgan fingerprint density at radius 2 is 1.85 bits per heavy atom. The molecule has 1 rings (SSSR count). The number of piperidine rings is 1. The number of sulfone groups is 1. The maximum Gasteiger partial charge on any atom is 0.190 e. The number of nitrogens with zero attached hydrogens (tertiary/aromatic N) is 2. The smallest absolute Gasteiger partial charge is 0.190 e. The van der Waals surface area contributed by atoms with Crippen molar-refractivity contribution in [2.75, 3.05) is 51.8 Å². The maximum absolute atomic E-state index is 11.3. The third-order valence-corrected chi connectivity index (χ3v) is 5.87. The van der Waals surface area contributed by atoms with Gasteiger partial charge in [0.15, 0.2) is 5.96 Å². The summed E-state index contributed by atoms with van der Waals surface area (Å²) in [6, 6.07) is 0. The van der Waals surface area contributed by atoms with Gasteiger partial charge in [0.1, 0.15) is 9.84 Å². The highest BCUT2D eigenvalue weighted by atomic mass is 127. The monoisotopic (exact) mass is 502 g/mol. The zero-order valence-corrected chi connectivity index (χ0v) is 20.3. The molecule has 6 nitrogen and oxygen atoms in total. The summed E-state index contributed by atoms with van der Waals surface area (Å²) in [7, 11) is -1.14. The van der Waals surface area contributed by atoms with Gasteiger partial charge in [0.05, 0.1) is 5.75 Å². The molecule has 2 N–H and O–H groups in total. The molecule has 0 aromatic rings. The zero-order valence-electron chi connectivity index (χ0n) is 17.2. The van der Waals surface area contributed by atoms with Crippen molar-refractivity contribution in [2.45, 2.75) is 46.5 Å². The Morgan fingerprint density at radius 3 is 2.38 bits per heavy atom. The summed E-state index contributed by atoms with van der Waals surface area (Å²) in [6.07, 6.45) is 5.67. The quantitative estimate of drug-likeness (QED) is 0.219. The lowest BCUT2D eigenvalue weighted by Gasteiger charge is -2.30. The highest BCUT2D eigenvalue weighted by molar-refractivity contribution is 14.0. The van der Waals surface area contributed by atoms with Crippen molar-refractivity contribution in [1.29, 1.82) is 0 Å². The van der Waals surface area contributed by atoms with Crippen LogP contribution in [0.15, 0.2) is 4.99 Å². The first-order valence-electron chi connectivity index (χ1n) is 9.46. The van der Waals surface area contributed by atoms with Gasteiger partial charge in [-0.2, -0.15) is 0 Å². The number of rotatable bonds is 9. The van der Waals surface area contributed by atoms with Crippen LogP contribution in [-0.2, 0) is 9.84 Å². The van der Waals surface area contributed by atoms with Crippen LogP contribution >= 0.6 is 24.0 Å². The van der Waals surface area contributed by atoms with Crippen LogP contribution < -0.4 is 10.6 Å². The minimum atomic E-state index is -2.91. The molecule has 0 saturated carbocycles. The minimum absolute atomic E-state index is 0. The topological polar surface area (TPSA) is 73.8 Å². The normalized spacial score (nSPS) is 17.7. The second kappa shape index (κ2) is 12.4. The van der Waals surface area contributed by atoms with Gasteiger partial charge in [-0.3, -0.25) is 4.99 Å². The average Bonchev–Trinajstić information content (AvgIpc) is 2.53. The van der Waals surface area contributed by atoms with Crippen molar-refractivity contribution in [3.8, 4) is 0 Å². The highest BCUT2D eigenvalue weighted by Crippen LogP contribution is 2.19. The second-order valence-corrected chi connectivity index (χ2v) is 10.5. The van der Waals surface area contributed by atoms with Crippen molar-refractivity contribution in [3.05, 3.63) is 0 Å². The molecule has 0 amide bonds. The number of likely N-dealkylation sites (tertiary alicyclic amines) is 1. The largest absolute Gasteiger partial charge is 0.356 e. The molecular formula is C18H39IN4O2S. The third-order valence-electron chi connectivity index (χ3n) is 4.93. The van der Waals surface area contributed by atoms with Crippen molar-refractivity contribution in [1.82, 2.24) is 15.5 Å². The molecule has 8 heteroatoms. The molecule has 0 radical (unpaired) electrons. The summed E-state index contributed by atoms with van der Waals surface area (Å²) < 4.78 is 22.7. The summed E-state index contributed by atoms with van der Waals surface area (Å²) in [6.45, 7) is 11.7. The summed E-state index contributed by atoms with van der Waals surface area (Å²) >= 11 is 0. The van der Waals surface area contributed by atoms with E-state index in [0.29, 0.717) is 13.0 Å².